The third-order valence-electron chi connectivity index (χ3n) is 4.06. The molecule has 0 aliphatic rings. The Morgan fingerprint density at radius 2 is 1.90 bits per heavy atom. The molecule has 0 aliphatic heterocycles. The molecule has 0 spiro atoms. The summed E-state index contributed by atoms with van der Waals surface area (Å²) in [5.41, 5.74) is 5.95. The van der Waals surface area contributed by atoms with E-state index in [1.54, 1.807) is 0 Å². The Hall–Kier alpha value is -1.62. The molecule has 1 N–H and O–H groups in total. The van der Waals surface area contributed by atoms with Gasteiger partial charge >= 0.3 is 0 Å². The molecule has 0 amide bonds. The van der Waals surface area contributed by atoms with Crippen molar-refractivity contribution in [2.24, 2.45) is 7.05 Å². The number of rotatable bonds is 6. The fraction of sp³-hybridized carbons (Fsp3) is 0.625. The van der Waals surface area contributed by atoms with Crippen molar-refractivity contribution in [3.05, 3.63) is 34.4 Å². The number of hydrogen-bond donors (Lipinski definition) is 1. The second-order valence-electron chi connectivity index (χ2n) is 5.66. The highest BCUT2D eigenvalue weighted by molar-refractivity contribution is 5.29. The highest BCUT2D eigenvalue weighted by Crippen LogP contribution is 2.24. The van der Waals surface area contributed by atoms with Crippen LogP contribution >= 0.6 is 0 Å². The summed E-state index contributed by atoms with van der Waals surface area (Å²) >= 11 is 0. The molecule has 0 aliphatic carbocycles. The van der Waals surface area contributed by atoms with E-state index in [0.29, 0.717) is 6.04 Å². The standard InChI is InChI=1S/C16H27N5/c1-7-15(17-8-2)16-12(4)19-21(13(16)5)10-14-9-11(3)18-20(14)6/h9,15,17H,7-8,10H2,1-6H3. The smallest absolute Gasteiger partial charge is 0.0831 e. The number of nitrogens with zero attached hydrogens (tertiary/aromatic N) is 4. The van der Waals surface area contributed by atoms with Crippen molar-refractivity contribution in [3.8, 4) is 0 Å². The summed E-state index contributed by atoms with van der Waals surface area (Å²) in [6.45, 7) is 12.4. The molecule has 21 heavy (non-hydrogen) atoms. The minimum atomic E-state index is 0.386. The molecule has 116 valence electrons. The van der Waals surface area contributed by atoms with E-state index in [0.717, 1.165) is 30.9 Å². The van der Waals surface area contributed by atoms with Gasteiger partial charge in [0.2, 0.25) is 0 Å². The first kappa shape index (κ1) is 15.8. The normalized spacial score (nSPS) is 12.9. The molecule has 0 saturated carbocycles. The molecule has 0 fully saturated rings. The molecule has 1 atom stereocenters. The summed E-state index contributed by atoms with van der Waals surface area (Å²) < 4.78 is 4.04. The molecule has 2 rings (SSSR count). The average Bonchev–Trinajstić information content (AvgIpc) is 2.88. The second kappa shape index (κ2) is 6.43. The van der Waals surface area contributed by atoms with Gasteiger partial charge in [0.25, 0.3) is 0 Å². The fourth-order valence-corrected chi connectivity index (χ4v) is 3.03. The average molecular weight is 289 g/mol. The minimum absolute atomic E-state index is 0.386. The number of aromatic nitrogens is 4. The topological polar surface area (TPSA) is 47.7 Å². The summed E-state index contributed by atoms with van der Waals surface area (Å²) in [5.74, 6) is 0. The number of aryl methyl sites for hydroxylation is 3. The van der Waals surface area contributed by atoms with Crippen LogP contribution in [0.2, 0.25) is 0 Å². The SMILES string of the molecule is CCNC(CC)c1c(C)nn(Cc2cc(C)nn2C)c1C. The van der Waals surface area contributed by atoms with Crippen LogP contribution in [0.4, 0.5) is 0 Å². The van der Waals surface area contributed by atoms with E-state index in [4.69, 9.17) is 5.10 Å². The van der Waals surface area contributed by atoms with E-state index >= 15 is 0 Å². The van der Waals surface area contributed by atoms with Gasteiger partial charge in [0.1, 0.15) is 0 Å². The van der Waals surface area contributed by atoms with Gasteiger partial charge < -0.3 is 5.32 Å². The van der Waals surface area contributed by atoms with E-state index in [2.05, 4.69) is 48.9 Å². The predicted molar refractivity (Wildman–Crippen MR) is 85.5 cm³/mol. The van der Waals surface area contributed by atoms with Gasteiger partial charge in [-0.3, -0.25) is 9.36 Å². The Morgan fingerprint density at radius 1 is 1.19 bits per heavy atom. The lowest BCUT2D eigenvalue weighted by atomic mass is 10.0. The Kier molecular flexibility index (Phi) is 4.83. The summed E-state index contributed by atoms with van der Waals surface area (Å²) in [5, 5.41) is 12.7. The predicted octanol–water partition coefficient (Wildman–Crippen LogP) is 2.65. The number of hydrogen-bond acceptors (Lipinski definition) is 3. The van der Waals surface area contributed by atoms with Crippen LogP contribution in [-0.4, -0.2) is 26.1 Å². The monoisotopic (exact) mass is 289 g/mol. The van der Waals surface area contributed by atoms with Crippen molar-refractivity contribution in [2.75, 3.05) is 6.54 Å². The molecular formula is C16H27N5. The van der Waals surface area contributed by atoms with Crippen molar-refractivity contribution < 1.29 is 0 Å². The molecule has 5 nitrogen and oxygen atoms in total. The quantitative estimate of drug-likeness (QED) is 0.889. The van der Waals surface area contributed by atoms with Crippen LogP contribution in [0, 0.1) is 20.8 Å². The third-order valence-corrected chi connectivity index (χ3v) is 4.06. The molecule has 0 saturated heterocycles. The zero-order valence-electron chi connectivity index (χ0n) is 14.1. The lowest BCUT2D eigenvalue weighted by Crippen LogP contribution is -2.21. The van der Waals surface area contributed by atoms with Gasteiger partial charge in [-0.15, -0.1) is 0 Å². The van der Waals surface area contributed by atoms with Crippen molar-refractivity contribution in [1.29, 1.82) is 0 Å². The van der Waals surface area contributed by atoms with E-state index in [1.807, 2.05) is 18.7 Å². The van der Waals surface area contributed by atoms with Crippen LogP contribution in [-0.2, 0) is 13.6 Å². The lowest BCUT2D eigenvalue weighted by Gasteiger charge is -2.16. The van der Waals surface area contributed by atoms with Gasteiger partial charge in [0, 0.05) is 24.3 Å². The molecular weight excluding hydrogens is 262 g/mol. The summed E-state index contributed by atoms with van der Waals surface area (Å²) in [4.78, 5) is 0. The van der Waals surface area contributed by atoms with Gasteiger partial charge in [-0.2, -0.15) is 10.2 Å². The minimum Gasteiger partial charge on any atom is -0.310 e. The Bertz CT molecular complexity index is 608. The maximum Gasteiger partial charge on any atom is 0.0831 e. The summed E-state index contributed by atoms with van der Waals surface area (Å²) in [6, 6.07) is 2.51. The van der Waals surface area contributed by atoms with Gasteiger partial charge in [-0.25, -0.2) is 0 Å². The Morgan fingerprint density at radius 3 is 2.43 bits per heavy atom. The summed E-state index contributed by atoms with van der Waals surface area (Å²) in [7, 11) is 1.99. The first-order valence-corrected chi connectivity index (χ1v) is 7.74. The maximum atomic E-state index is 4.74. The van der Waals surface area contributed by atoms with E-state index < -0.39 is 0 Å². The molecule has 5 heteroatoms. The van der Waals surface area contributed by atoms with Crippen molar-refractivity contribution in [1.82, 2.24) is 24.9 Å². The Balaban J connectivity index is 2.32. The van der Waals surface area contributed by atoms with Crippen LogP contribution in [0.3, 0.4) is 0 Å². The van der Waals surface area contributed by atoms with Gasteiger partial charge in [-0.1, -0.05) is 13.8 Å². The molecule has 0 radical (unpaired) electrons. The highest BCUT2D eigenvalue weighted by Gasteiger charge is 2.19. The summed E-state index contributed by atoms with van der Waals surface area (Å²) in [6.07, 6.45) is 1.08. The van der Waals surface area contributed by atoms with Crippen LogP contribution in [0.25, 0.3) is 0 Å². The maximum absolute atomic E-state index is 4.74. The molecule has 2 aromatic rings. The Labute approximate surface area is 127 Å². The van der Waals surface area contributed by atoms with Crippen LogP contribution in [0.15, 0.2) is 6.07 Å². The van der Waals surface area contributed by atoms with Crippen molar-refractivity contribution in [3.63, 3.8) is 0 Å². The highest BCUT2D eigenvalue weighted by atomic mass is 15.3. The molecule has 2 heterocycles. The van der Waals surface area contributed by atoms with Crippen LogP contribution < -0.4 is 5.32 Å². The van der Waals surface area contributed by atoms with Gasteiger partial charge in [0.05, 0.1) is 23.6 Å². The molecule has 0 bridgehead atoms. The lowest BCUT2D eigenvalue weighted by molar-refractivity contribution is 0.530. The van der Waals surface area contributed by atoms with Crippen LogP contribution in [0.5, 0.6) is 0 Å². The molecule has 2 aromatic heterocycles. The zero-order valence-corrected chi connectivity index (χ0v) is 14.1. The van der Waals surface area contributed by atoms with Gasteiger partial charge in [-0.05, 0) is 39.8 Å². The first-order valence-electron chi connectivity index (χ1n) is 7.74. The first-order chi connectivity index (χ1) is 9.97. The van der Waals surface area contributed by atoms with E-state index in [1.165, 1.54) is 17.0 Å². The van der Waals surface area contributed by atoms with E-state index in [9.17, 15) is 0 Å². The number of nitrogens with one attached hydrogen (secondary N) is 1. The van der Waals surface area contributed by atoms with Gasteiger partial charge in [0.15, 0.2) is 0 Å². The third kappa shape index (κ3) is 3.18. The molecule has 1 unspecified atom stereocenters. The molecule has 0 aromatic carbocycles. The van der Waals surface area contributed by atoms with Crippen LogP contribution in [0.1, 0.15) is 54.6 Å². The largest absolute Gasteiger partial charge is 0.310 e. The van der Waals surface area contributed by atoms with Crippen molar-refractivity contribution >= 4 is 0 Å². The second-order valence-corrected chi connectivity index (χ2v) is 5.66. The zero-order chi connectivity index (χ0) is 15.6. The van der Waals surface area contributed by atoms with E-state index in [-0.39, 0.29) is 0 Å². The fourth-order valence-electron chi connectivity index (χ4n) is 3.03. The van der Waals surface area contributed by atoms with Crippen molar-refractivity contribution in [2.45, 2.75) is 53.6 Å².